The zero-order valence-corrected chi connectivity index (χ0v) is 10.1. The third-order valence-corrected chi connectivity index (χ3v) is 2.49. The molecule has 4 heteroatoms. The van der Waals surface area contributed by atoms with E-state index in [1.807, 2.05) is 26.0 Å². The minimum atomic E-state index is -0.268. The van der Waals surface area contributed by atoms with Crippen LogP contribution in [0.15, 0.2) is 30.5 Å². The lowest BCUT2D eigenvalue weighted by Gasteiger charge is -2.08. The maximum absolute atomic E-state index is 11.4. The predicted octanol–water partition coefficient (Wildman–Crippen LogP) is 3.69. The number of benzene rings is 1. The molecule has 0 aromatic heterocycles. The zero-order valence-electron chi connectivity index (χ0n) is 9.38. The van der Waals surface area contributed by atoms with Crippen molar-refractivity contribution < 1.29 is 4.79 Å². The number of amides is 2. The van der Waals surface area contributed by atoms with Crippen molar-refractivity contribution in [3.8, 4) is 0 Å². The van der Waals surface area contributed by atoms with E-state index in [1.54, 1.807) is 18.3 Å². The van der Waals surface area contributed by atoms with Crippen LogP contribution in [-0.2, 0) is 0 Å². The van der Waals surface area contributed by atoms with Gasteiger partial charge in [-0.05, 0) is 31.0 Å². The van der Waals surface area contributed by atoms with Gasteiger partial charge < -0.3 is 10.6 Å². The SMILES string of the molecule is CC/C=C/NC(=O)Nc1cccc(Cl)c1C. The molecular weight excluding hydrogens is 224 g/mol. The zero-order chi connectivity index (χ0) is 12.0. The van der Waals surface area contributed by atoms with Crippen molar-refractivity contribution >= 4 is 23.3 Å². The summed E-state index contributed by atoms with van der Waals surface area (Å²) in [6.45, 7) is 3.86. The monoisotopic (exact) mass is 238 g/mol. The first-order chi connectivity index (χ1) is 7.65. The van der Waals surface area contributed by atoms with Crippen LogP contribution in [0.2, 0.25) is 5.02 Å². The number of urea groups is 1. The summed E-state index contributed by atoms with van der Waals surface area (Å²) in [5, 5.41) is 5.97. The largest absolute Gasteiger partial charge is 0.323 e. The van der Waals surface area contributed by atoms with Crippen LogP contribution in [0.1, 0.15) is 18.9 Å². The number of hydrogen-bond acceptors (Lipinski definition) is 1. The normalized spacial score (nSPS) is 10.4. The van der Waals surface area contributed by atoms with Crippen LogP contribution in [0.25, 0.3) is 0 Å². The minimum Gasteiger partial charge on any atom is -0.315 e. The molecule has 2 amide bonds. The van der Waals surface area contributed by atoms with Crippen LogP contribution in [0.3, 0.4) is 0 Å². The Hall–Kier alpha value is -1.48. The van der Waals surface area contributed by atoms with Gasteiger partial charge in [-0.25, -0.2) is 4.79 Å². The van der Waals surface area contributed by atoms with Crippen molar-refractivity contribution in [3.63, 3.8) is 0 Å². The first kappa shape index (κ1) is 12.6. The van der Waals surface area contributed by atoms with E-state index < -0.39 is 0 Å². The molecule has 3 nitrogen and oxygen atoms in total. The molecular formula is C12H15ClN2O. The minimum absolute atomic E-state index is 0.268. The Morgan fingerprint density at radius 2 is 2.25 bits per heavy atom. The molecule has 2 N–H and O–H groups in total. The molecule has 0 aliphatic carbocycles. The van der Waals surface area contributed by atoms with E-state index in [-0.39, 0.29) is 6.03 Å². The second-order valence-electron chi connectivity index (χ2n) is 3.32. The summed E-state index contributed by atoms with van der Waals surface area (Å²) in [7, 11) is 0. The lowest BCUT2D eigenvalue weighted by atomic mass is 10.2. The van der Waals surface area contributed by atoms with Crippen LogP contribution in [0.4, 0.5) is 10.5 Å². The molecule has 0 atom stereocenters. The van der Waals surface area contributed by atoms with E-state index in [2.05, 4.69) is 10.6 Å². The molecule has 1 aromatic carbocycles. The number of nitrogens with one attached hydrogen (secondary N) is 2. The van der Waals surface area contributed by atoms with Crippen molar-refractivity contribution in [2.24, 2.45) is 0 Å². The number of carbonyl (C=O) groups excluding carboxylic acids is 1. The van der Waals surface area contributed by atoms with Gasteiger partial charge in [0.05, 0.1) is 0 Å². The summed E-state index contributed by atoms with van der Waals surface area (Å²) in [4.78, 5) is 11.4. The quantitative estimate of drug-likeness (QED) is 0.829. The lowest BCUT2D eigenvalue weighted by Crippen LogP contribution is -2.24. The highest BCUT2D eigenvalue weighted by molar-refractivity contribution is 6.31. The number of allylic oxidation sites excluding steroid dienone is 1. The Kier molecular flexibility index (Phi) is 4.86. The number of halogens is 1. The molecule has 0 spiro atoms. The smallest absolute Gasteiger partial charge is 0.315 e. The topological polar surface area (TPSA) is 41.1 Å². The summed E-state index contributed by atoms with van der Waals surface area (Å²) in [6, 6.07) is 5.13. The third kappa shape index (κ3) is 3.59. The highest BCUT2D eigenvalue weighted by Crippen LogP contribution is 2.22. The van der Waals surface area contributed by atoms with Gasteiger partial charge in [-0.1, -0.05) is 30.7 Å². The summed E-state index contributed by atoms with van der Waals surface area (Å²) in [6.07, 6.45) is 4.37. The fourth-order valence-electron chi connectivity index (χ4n) is 1.15. The molecule has 86 valence electrons. The maximum Gasteiger partial charge on any atom is 0.323 e. The van der Waals surface area contributed by atoms with Crippen LogP contribution < -0.4 is 10.6 Å². The maximum atomic E-state index is 11.4. The number of anilines is 1. The number of rotatable bonds is 3. The molecule has 1 aromatic rings. The van der Waals surface area contributed by atoms with Crippen LogP contribution in [-0.4, -0.2) is 6.03 Å². The molecule has 0 saturated carbocycles. The average Bonchev–Trinajstić information content (AvgIpc) is 2.25. The second-order valence-corrected chi connectivity index (χ2v) is 3.73. The molecule has 0 aliphatic rings. The van der Waals surface area contributed by atoms with Gasteiger partial charge in [0.1, 0.15) is 0 Å². The molecule has 0 unspecified atom stereocenters. The van der Waals surface area contributed by atoms with Crippen molar-refractivity contribution in [3.05, 3.63) is 41.1 Å². The molecule has 16 heavy (non-hydrogen) atoms. The molecule has 1 rings (SSSR count). The highest BCUT2D eigenvalue weighted by atomic mass is 35.5. The van der Waals surface area contributed by atoms with Crippen LogP contribution in [0, 0.1) is 6.92 Å². The van der Waals surface area contributed by atoms with E-state index in [1.165, 1.54) is 0 Å². The Morgan fingerprint density at radius 1 is 1.50 bits per heavy atom. The molecule has 0 saturated heterocycles. The number of hydrogen-bond donors (Lipinski definition) is 2. The van der Waals surface area contributed by atoms with Gasteiger partial charge in [0.15, 0.2) is 0 Å². The summed E-state index contributed by atoms with van der Waals surface area (Å²) >= 11 is 5.94. The fourth-order valence-corrected chi connectivity index (χ4v) is 1.33. The van der Waals surface area contributed by atoms with Gasteiger partial charge in [-0.15, -0.1) is 0 Å². The number of carbonyl (C=O) groups is 1. The van der Waals surface area contributed by atoms with Crippen LogP contribution >= 0.6 is 11.6 Å². The molecule has 0 fully saturated rings. The standard InChI is InChI=1S/C12H15ClN2O/c1-3-4-8-14-12(16)15-11-7-5-6-10(13)9(11)2/h4-8H,3H2,1-2H3,(H2,14,15,16)/b8-4+. The second kappa shape index (κ2) is 6.18. The van der Waals surface area contributed by atoms with Crippen molar-refractivity contribution in [1.82, 2.24) is 5.32 Å². The summed E-state index contributed by atoms with van der Waals surface area (Å²) < 4.78 is 0. The van der Waals surface area contributed by atoms with Gasteiger partial charge in [-0.3, -0.25) is 0 Å². The van der Waals surface area contributed by atoms with Gasteiger partial charge >= 0.3 is 6.03 Å². The Morgan fingerprint density at radius 3 is 2.94 bits per heavy atom. The van der Waals surface area contributed by atoms with Gasteiger partial charge in [-0.2, -0.15) is 0 Å². The Bertz CT molecular complexity index is 402. The van der Waals surface area contributed by atoms with Crippen molar-refractivity contribution in [2.45, 2.75) is 20.3 Å². The molecule has 0 heterocycles. The molecule has 0 radical (unpaired) electrons. The van der Waals surface area contributed by atoms with Gasteiger partial charge in [0.25, 0.3) is 0 Å². The predicted molar refractivity (Wildman–Crippen MR) is 67.8 cm³/mol. The Labute approximate surface area is 100 Å². The third-order valence-electron chi connectivity index (χ3n) is 2.08. The van der Waals surface area contributed by atoms with Gasteiger partial charge in [0, 0.05) is 16.9 Å². The van der Waals surface area contributed by atoms with Crippen LogP contribution in [0.5, 0.6) is 0 Å². The summed E-state index contributed by atoms with van der Waals surface area (Å²) in [5.41, 5.74) is 1.58. The Balaban J connectivity index is 2.63. The van der Waals surface area contributed by atoms with E-state index in [0.29, 0.717) is 5.02 Å². The van der Waals surface area contributed by atoms with Gasteiger partial charge in [0.2, 0.25) is 0 Å². The molecule has 0 aliphatic heterocycles. The van der Waals surface area contributed by atoms with E-state index >= 15 is 0 Å². The van der Waals surface area contributed by atoms with Crippen molar-refractivity contribution in [1.29, 1.82) is 0 Å². The highest BCUT2D eigenvalue weighted by Gasteiger charge is 2.04. The first-order valence-electron chi connectivity index (χ1n) is 5.12. The first-order valence-corrected chi connectivity index (χ1v) is 5.50. The lowest BCUT2D eigenvalue weighted by molar-refractivity contribution is 0.255. The fraction of sp³-hybridized carbons (Fsp3) is 0.250. The summed E-state index contributed by atoms with van der Waals surface area (Å²) in [5.74, 6) is 0. The molecule has 0 bridgehead atoms. The van der Waals surface area contributed by atoms with E-state index in [0.717, 1.165) is 17.7 Å². The van der Waals surface area contributed by atoms with Crippen molar-refractivity contribution in [2.75, 3.05) is 5.32 Å². The van der Waals surface area contributed by atoms with E-state index in [4.69, 9.17) is 11.6 Å². The average molecular weight is 239 g/mol. The van der Waals surface area contributed by atoms with E-state index in [9.17, 15) is 4.79 Å².